The Morgan fingerprint density at radius 3 is 2.90 bits per heavy atom. The van der Waals surface area contributed by atoms with E-state index in [0.717, 1.165) is 16.6 Å². The van der Waals surface area contributed by atoms with E-state index >= 15 is 0 Å². The van der Waals surface area contributed by atoms with Gasteiger partial charge in [-0.3, -0.25) is 19.6 Å². The maximum Gasteiger partial charge on any atom is 0.242 e. The molecule has 0 aliphatic rings. The van der Waals surface area contributed by atoms with E-state index < -0.39 is 0 Å². The van der Waals surface area contributed by atoms with Crippen molar-refractivity contribution < 1.29 is 9.53 Å². The molecular weight excluding hydrogens is 366 g/mol. The van der Waals surface area contributed by atoms with Gasteiger partial charge >= 0.3 is 0 Å². The van der Waals surface area contributed by atoms with E-state index in [1.165, 1.54) is 5.56 Å². The van der Waals surface area contributed by atoms with Gasteiger partial charge in [-0.15, -0.1) is 5.10 Å². The van der Waals surface area contributed by atoms with E-state index in [1.54, 1.807) is 17.1 Å². The van der Waals surface area contributed by atoms with Crippen LogP contribution in [0.25, 0.3) is 10.9 Å². The van der Waals surface area contributed by atoms with Gasteiger partial charge in [0.15, 0.2) is 0 Å². The maximum absolute atomic E-state index is 12.5. The molecule has 0 fully saturated rings. The number of carbonyl (C=O) groups excluding carboxylic acids is 1. The highest BCUT2D eigenvalue weighted by atomic mass is 16.5. The SMILES string of the molecule is C[C@@H](CC(=O)Cc1cc2[nH]nc(OCCn3cccn3)c2cn1)c1ccccc1. The predicted molar refractivity (Wildman–Crippen MR) is 110 cm³/mol. The Labute approximate surface area is 168 Å². The lowest BCUT2D eigenvalue weighted by Gasteiger charge is -2.10. The minimum absolute atomic E-state index is 0.170. The fourth-order valence-corrected chi connectivity index (χ4v) is 3.32. The van der Waals surface area contributed by atoms with Crippen molar-refractivity contribution in [2.45, 2.75) is 32.2 Å². The number of fused-ring (bicyclic) bond motifs is 1. The topological polar surface area (TPSA) is 85.7 Å². The maximum atomic E-state index is 12.5. The van der Waals surface area contributed by atoms with Gasteiger partial charge in [-0.2, -0.15) is 5.10 Å². The molecule has 0 amide bonds. The van der Waals surface area contributed by atoms with Crippen LogP contribution in [0.4, 0.5) is 0 Å². The Kier molecular flexibility index (Phi) is 5.65. The highest BCUT2D eigenvalue weighted by Gasteiger charge is 2.14. The van der Waals surface area contributed by atoms with Crippen LogP contribution < -0.4 is 4.74 Å². The first-order valence-corrected chi connectivity index (χ1v) is 9.69. The molecule has 7 heteroatoms. The Morgan fingerprint density at radius 1 is 1.24 bits per heavy atom. The summed E-state index contributed by atoms with van der Waals surface area (Å²) in [4.78, 5) is 16.9. The van der Waals surface area contributed by atoms with Crippen molar-refractivity contribution in [1.29, 1.82) is 0 Å². The molecule has 0 saturated heterocycles. The third-order valence-corrected chi connectivity index (χ3v) is 4.87. The summed E-state index contributed by atoms with van der Waals surface area (Å²) in [6.45, 7) is 3.17. The van der Waals surface area contributed by atoms with Gasteiger partial charge in [0, 0.05) is 37.1 Å². The van der Waals surface area contributed by atoms with Gasteiger partial charge in [0.2, 0.25) is 5.88 Å². The average molecular weight is 389 g/mol. The molecule has 0 spiro atoms. The van der Waals surface area contributed by atoms with E-state index in [2.05, 4.69) is 39.3 Å². The van der Waals surface area contributed by atoms with Crippen LogP contribution in [-0.4, -0.2) is 37.4 Å². The number of H-pyrrole nitrogens is 1. The van der Waals surface area contributed by atoms with Crippen molar-refractivity contribution in [3.8, 4) is 5.88 Å². The van der Waals surface area contributed by atoms with Crippen LogP contribution in [-0.2, 0) is 17.8 Å². The monoisotopic (exact) mass is 389 g/mol. The first-order valence-electron chi connectivity index (χ1n) is 9.69. The zero-order valence-electron chi connectivity index (χ0n) is 16.3. The summed E-state index contributed by atoms with van der Waals surface area (Å²) in [5.74, 6) is 0.869. The van der Waals surface area contributed by atoms with Crippen molar-refractivity contribution in [1.82, 2.24) is 25.0 Å². The van der Waals surface area contributed by atoms with Gasteiger partial charge in [-0.05, 0) is 23.6 Å². The van der Waals surface area contributed by atoms with Crippen molar-refractivity contribution in [2.24, 2.45) is 0 Å². The summed E-state index contributed by atoms with van der Waals surface area (Å²) < 4.78 is 7.54. The number of hydrogen-bond acceptors (Lipinski definition) is 5. The van der Waals surface area contributed by atoms with Crippen molar-refractivity contribution in [2.75, 3.05) is 6.61 Å². The number of carbonyl (C=O) groups is 1. The largest absolute Gasteiger partial charge is 0.474 e. The van der Waals surface area contributed by atoms with Crippen LogP contribution in [0.3, 0.4) is 0 Å². The second-order valence-corrected chi connectivity index (χ2v) is 7.10. The van der Waals surface area contributed by atoms with Crippen LogP contribution >= 0.6 is 0 Å². The lowest BCUT2D eigenvalue weighted by molar-refractivity contribution is -0.118. The summed E-state index contributed by atoms with van der Waals surface area (Å²) in [6.07, 6.45) is 6.13. The number of ether oxygens (including phenoxy) is 1. The summed E-state index contributed by atoms with van der Waals surface area (Å²) in [5, 5.41) is 12.1. The molecule has 1 aromatic carbocycles. The van der Waals surface area contributed by atoms with Gasteiger partial charge in [0.05, 0.1) is 17.4 Å². The number of hydrogen-bond donors (Lipinski definition) is 1. The molecule has 0 radical (unpaired) electrons. The quantitative estimate of drug-likeness (QED) is 0.473. The number of nitrogens with one attached hydrogen (secondary N) is 1. The Morgan fingerprint density at radius 2 is 2.10 bits per heavy atom. The fraction of sp³-hybridized carbons (Fsp3) is 0.273. The molecule has 1 atom stereocenters. The van der Waals surface area contributed by atoms with Crippen molar-refractivity contribution in [3.63, 3.8) is 0 Å². The number of rotatable bonds is 9. The van der Waals surface area contributed by atoms with Crippen LogP contribution in [0.1, 0.15) is 30.5 Å². The smallest absolute Gasteiger partial charge is 0.242 e. The van der Waals surface area contributed by atoms with Gasteiger partial charge in [0.25, 0.3) is 0 Å². The summed E-state index contributed by atoms with van der Waals surface area (Å²) in [6, 6.07) is 13.8. The van der Waals surface area contributed by atoms with Gasteiger partial charge in [0.1, 0.15) is 12.4 Å². The van der Waals surface area contributed by atoms with E-state index in [-0.39, 0.29) is 11.7 Å². The number of aromatic nitrogens is 5. The second-order valence-electron chi connectivity index (χ2n) is 7.10. The lowest BCUT2D eigenvalue weighted by Crippen LogP contribution is -2.09. The highest BCUT2D eigenvalue weighted by molar-refractivity contribution is 5.85. The van der Waals surface area contributed by atoms with E-state index in [9.17, 15) is 4.79 Å². The van der Waals surface area contributed by atoms with E-state index in [4.69, 9.17) is 4.74 Å². The average Bonchev–Trinajstić information content (AvgIpc) is 3.38. The molecule has 3 heterocycles. The van der Waals surface area contributed by atoms with Crippen LogP contribution in [0.15, 0.2) is 61.1 Å². The van der Waals surface area contributed by atoms with Crippen LogP contribution in [0.2, 0.25) is 0 Å². The summed E-state index contributed by atoms with van der Waals surface area (Å²) in [5.41, 5.74) is 2.72. The van der Waals surface area contributed by atoms with E-state index in [0.29, 0.717) is 31.9 Å². The molecule has 148 valence electrons. The number of ketones is 1. The molecule has 0 bridgehead atoms. The third-order valence-electron chi connectivity index (χ3n) is 4.87. The summed E-state index contributed by atoms with van der Waals surface area (Å²) in [7, 11) is 0. The molecular formula is C22H23N5O2. The minimum atomic E-state index is 0.170. The molecule has 4 aromatic rings. The van der Waals surface area contributed by atoms with Gasteiger partial charge < -0.3 is 4.74 Å². The van der Waals surface area contributed by atoms with Gasteiger partial charge in [-0.25, -0.2) is 0 Å². The molecule has 3 aromatic heterocycles. The molecule has 1 N–H and O–H groups in total. The van der Waals surface area contributed by atoms with Crippen molar-refractivity contribution >= 4 is 16.7 Å². The molecule has 0 saturated carbocycles. The molecule has 29 heavy (non-hydrogen) atoms. The number of aromatic amines is 1. The predicted octanol–water partition coefficient (Wildman–Crippen LogP) is 3.54. The molecule has 0 aliphatic heterocycles. The molecule has 0 unspecified atom stereocenters. The molecule has 0 aliphatic carbocycles. The first kappa shape index (κ1) is 18.9. The zero-order valence-corrected chi connectivity index (χ0v) is 16.3. The van der Waals surface area contributed by atoms with E-state index in [1.807, 2.05) is 36.5 Å². The lowest BCUT2D eigenvalue weighted by atomic mass is 9.94. The van der Waals surface area contributed by atoms with Crippen LogP contribution in [0, 0.1) is 0 Å². The number of nitrogens with zero attached hydrogens (tertiary/aromatic N) is 4. The van der Waals surface area contributed by atoms with Crippen LogP contribution in [0.5, 0.6) is 5.88 Å². The van der Waals surface area contributed by atoms with Crippen molar-refractivity contribution in [3.05, 3.63) is 72.3 Å². The van der Waals surface area contributed by atoms with Gasteiger partial charge in [-0.1, -0.05) is 37.3 Å². The third kappa shape index (κ3) is 4.68. The standard InChI is InChI=1S/C22H23N5O2/c1-16(17-6-3-2-4-7-17)12-19(28)13-18-14-21-20(15-23-18)22(26-25-21)29-11-10-27-9-5-8-24-27/h2-9,14-16H,10-13H2,1H3,(H,25,26)/t16-/m0/s1. The Hall–Kier alpha value is -3.48. The Balaban J connectivity index is 1.35. The fourth-order valence-electron chi connectivity index (χ4n) is 3.32. The Bertz CT molecular complexity index is 1070. The minimum Gasteiger partial charge on any atom is -0.474 e. The summed E-state index contributed by atoms with van der Waals surface area (Å²) >= 11 is 0. The highest BCUT2D eigenvalue weighted by Crippen LogP contribution is 2.23. The zero-order chi connectivity index (χ0) is 20.1. The molecule has 4 rings (SSSR count). The number of pyridine rings is 1. The second kappa shape index (κ2) is 8.68. The molecule has 7 nitrogen and oxygen atoms in total. The number of Topliss-reactive ketones (excluding diaryl/α,β-unsaturated/α-hetero) is 1. The normalized spacial score (nSPS) is 12.2. The number of benzene rings is 1. The first-order chi connectivity index (χ1) is 14.2.